The van der Waals surface area contributed by atoms with Crippen LogP contribution in [0.1, 0.15) is 92.4 Å². The fourth-order valence-corrected chi connectivity index (χ4v) is 13.7. The summed E-state index contributed by atoms with van der Waals surface area (Å²) in [4.78, 5) is 0. The van der Waals surface area contributed by atoms with Gasteiger partial charge in [0.25, 0.3) is 0 Å². The number of ether oxygens (including phenoxy) is 8. The van der Waals surface area contributed by atoms with E-state index in [1.54, 1.807) is 0 Å². The van der Waals surface area contributed by atoms with Gasteiger partial charge in [-0.05, 0) is 98.7 Å². The Balaban J connectivity index is 0.913. The van der Waals surface area contributed by atoms with Gasteiger partial charge < -0.3 is 78.7 Å². The molecule has 1 spiro atoms. The first kappa shape index (κ1) is 44.3. The van der Waals surface area contributed by atoms with Crippen molar-refractivity contribution in [2.75, 3.05) is 19.8 Å². The molecule has 5 saturated heterocycles. The Morgan fingerprint density at radius 3 is 2.22 bits per heavy atom. The maximum atomic E-state index is 11.9. The van der Waals surface area contributed by atoms with Gasteiger partial charge in [-0.15, -0.1) is 0 Å². The van der Waals surface area contributed by atoms with E-state index in [0.29, 0.717) is 48.3 Å². The minimum Gasteiger partial charge on any atom is -0.394 e. The van der Waals surface area contributed by atoms with Crippen molar-refractivity contribution in [1.29, 1.82) is 0 Å². The minimum atomic E-state index is -1.70. The molecule has 8 fully saturated rings. The summed E-state index contributed by atoms with van der Waals surface area (Å²) in [5, 5.41) is 85.1. The van der Waals surface area contributed by atoms with Crippen LogP contribution in [0.3, 0.4) is 0 Å². The molecule has 0 radical (unpaired) electrons. The summed E-state index contributed by atoms with van der Waals surface area (Å²) in [6, 6.07) is 0. The summed E-state index contributed by atoms with van der Waals surface area (Å²) in [5.74, 6) is 2.65. The number of allylic oxidation sites excluding steroid dienone is 1. The summed E-state index contributed by atoms with van der Waals surface area (Å²) in [5.41, 5.74) is 1.54. The molecule has 0 aromatic carbocycles. The van der Waals surface area contributed by atoms with Crippen LogP contribution in [0.15, 0.2) is 11.6 Å². The Bertz CT molecular complexity index is 1560. The van der Waals surface area contributed by atoms with Crippen LogP contribution in [0.5, 0.6) is 0 Å². The molecule has 5 aliphatic heterocycles. The zero-order valence-corrected chi connectivity index (χ0v) is 35.6. The third-order valence-corrected chi connectivity index (χ3v) is 17.3. The number of hydrogen-bond acceptors (Lipinski definition) is 16. The molecule has 342 valence electrons. The van der Waals surface area contributed by atoms with E-state index >= 15 is 0 Å². The Kier molecular flexibility index (Phi) is 12.2. The average molecular weight is 855 g/mol. The molecule has 0 unspecified atom stereocenters. The molecule has 16 nitrogen and oxygen atoms in total. The summed E-state index contributed by atoms with van der Waals surface area (Å²) in [6.07, 6.45) is -9.25. The lowest BCUT2D eigenvalue weighted by Gasteiger charge is -2.58. The molecule has 5 heterocycles. The van der Waals surface area contributed by atoms with E-state index in [4.69, 9.17) is 37.9 Å². The van der Waals surface area contributed by atoms with Gasteiger partial charge in [0.2, 0.25) is 0 Å². The van der Waals surface area contributed by atoms with Gasteiger partial charge >= 0.3 is 0 Å². The monoisotopic (exact) mass is 854 g/mol. The van der Waals surface area contributed by atoms with Crippen molar-refractivity contribution in [2.24, 2.45) is 46.3 Å². The predicted octanol–water partition coefficient (Wildman–Crippen LogP) is 0.853. The van der Waals surface area contributed by atoms with Gasteiger partial charge in [-0.3, -0.25) is 0 Å². The lowest BCUT2D eigenvalue weighted by atomic mass is 9.47. The summed E-state index contributed by atoms with van der Waals surface area (Å²) < 4.78 is 49.8. The summed E-state index contributed by atoms with van der Waals surface area (Å²) in [6.45, 7) is 10.9. The fourth-order valence-electron chi connectivity index (χ4n) is 13.7. The topological polar surface area (TPSA) is 236 Å². The highest BCUT2D eigenvalue weighted by Crippen LogP contribution is 2.70. The quantitative estimate of drug-likeness (QED) is 0.166. The fraction of sp³-hybridized carbons (Fsp3) is 0.955. The van der Waals surface area contributed by atoms with E-state index in [1.807, 2.05) is 0 Å². The second-order valence-corrected chi connectivity index (χ2v) is 20.6. The van der Waals surface area contributed by atoms with Crippen molar-refractivity contribution in [2.45, 2.75) is 196 Å². The van der Waals surface area contributed by atoms with Crippen LogP contribution in [0.2, 0.25) is 0 Å². The highest BCUT2D eigenvalue weighted by atomic mass is 16.8. The van der Waals surface area contributed by atoms with E-state index in [-0.39, 0.29) is 29.6 Å². The molecule has 8 N–H and O–H groups in total. The normalized spacial score (nSPS) is 57.9. The van der Waals surface area contributed by atoms with Crippen LogP contribution < -0.4 is 0 Å². The highest BCUT2D eigenvalue weighted by Gasteiger charge is 2.69. The van der Waals surface area contributed by atoms with E-state index in [1.165, 1.54) is 18.9 Å². The molecule has 0 aromatic heterocycles. The van der Waals surface area contributed by atoms with Crippen molar-refractivity contribution < 1.29 is 78.7 Å². The van der Waals surface area contributed by atoms with Gasteiger partial charge in [0.15, 0.2) is 24.7 Å². The second-order valence-electron chi connectivity index (χ2n) is 20.6. The summed E-state index contributed by atoms with van der Waals surface area (Å²) >= 11 is 0. The van der Waals surface area contributed by atoms with Crippen molar-refractivity contribution in [3.05, 3.63) is 11.6 Å². The zero-order chi connectivity index (χ0) is 42.6. The molecule has 9 rings (SSSR count). The number of aliphatic hydroxyl groups is 8. The predicted molar refractivity (Wildman–Crippen MR) is 208 cm³/mol. The molecule has 16 heteroatoms. The van der Waals surface area contributed by atoms with Crippen LogP contribution in [0.25, 0.3) is 0 Å². The van der Waals surface area contributed by atoms with Gasteiger partial charge in [-0.25, -0.2) is 0 Å². The number of rotatable bonds is 7. The largest absolute Gasteiger partial charge is 0.394 e. The lowest BCUT2D eigenvalue weighted by Crippen LogP contribution is -2.66. The number of aliphatic hydroxyl groups excluding tert-OH is 8. The van der Waals surface area contributed by atoms with Gasteiger partial charge in [-0.2, -0.15) is 0 Å². The Labute approximate surface area is 352 Å². The van der Waals surface area contributed by atoms with Gasteiger partial charge in [-0.1, -0.05) is 39.3 Å². The maximum absolute atomic E-state index is 11.9. The lowest BCUT2D eigenvalue weighted by molar-refractivity contribution is -0.385. The van der Waals surface area contributed by atoms with Crippen LogP contribution in [-0.4, -0.2) is 165 Å². The summed E-state index contributed by atoms with van der Waals surface area (Å²) in [7, 11) is 0. The van der Waals surface area contributed by atoms with Crippen LogP contribution in [0, 0.1) is 46.3 Å². The molecule has 3 saturated carbocycles. The van der Waals surface area contributed by atoms with E-state index in [2.05, 4.69) is 33.8 Å². The Hall–Kier alpha value is -0.900. The third-order valence-electron chi connectivity index (χ3n) is 17.3. The molecule has 0 amide bonds. The zero-order valence-electron chi connectivity index (χ0n) is 35.6. The van der Waals surface area contributed by atoms with E-state index < -0.39 is 98.4 Å². The standard InChI is InChI=1S/C44H70O16/c1-19-8-13-44(54-17-19)20(2)30-28(60-44)15-26-24-7-6-22-14-23(9-11-42(22,4)25(24)10-12-43(26,30)5)56-41-38(59-40-35(51)33(49)31(47)21(3)55-40)36(52)37(29(16-45)57-41)58-39-34(50)32(48)27(46)18-53-39/h6,19-21,23-41,45-52H,7-18H2,1-5H3/t19-,20+,21+,23+,24-,25+,26-,27+,28+,29-,30+,31+,32+,33-,34-,35-,36+,37-,38-,39+,40+,41-,42-,43-,44-/m1/s1. The first-order chi connectivity index (χ1) is 28.5. The molecule has 25 atom stereocenters. The number of hydrogen-bond donors (Lipinski definition) is 8. The second kappa shape index (κ2) is 16.5. The molecule has 60 heavy (non-hydrogen) atoms. The molecule has 0 bridgehead atoms. The van der Waals surface area contributed by atoms with Gasteiger partial charge in [0, 0.05) is 12.3 Å². The molecule has 0 aromatic rings. The SMILES string of the molecule is C[C@@H]1CC[C@@]2(OC1)O[C@H]1C[C@@H]3[C@@H]4CC=C5C[C@@H](O[C@@H]6O[C@H](CO)[C@@H](O[C@@H]7OC[C@H](O)[C@H](O)[C@H]7O)[C@H](O)[C@H]6O[C@@H]6O[C@@H](C)[C@H](O)[C@@H](O)[C@H]6O)CC[C@@]5(C)[C@H]4CC[C@@]3(C)[C@H]1[C@@H]2C. The van der Waals surface area contributed by atoms with E-state index in [9.17, 15) is 40.9 Å². The van der Waals surface area contributed by atoms with Crippen molar-refractivity contribution in [3.63, 3.8) is 0 Å². The first-order valence-electron chi connectivity index (χ1n) is 22.8. The van der Waals surface area contributed by atoms with Gasteiger partial charge in [0.1, 0.15) is 61.0 Å². The Morgan fingerprint density at radius 1 is 0.733 bits per heavy atom. The number of fused-ring (bicyclic) bond motifs is 7. The third kappa shape index (κ3) is 7.19. The molecular weight excluding hydrogens is 784 g/mol. The smallest absolute Gasteiger partial charge is 0.187 e. The minimum absolute atomic E-state index is 0.0142. The van der Waals surface area contributed by atoms with Crippen molar-refractivity contribution in [1.82, 2.24) is 0 Å². The highest BCUT2D eigenvalue weighted by molar-refractivity contribution is 5.26. The van der Waals surface area contributed by atoms with Crippen LogP contribution in [-0.2, 0) is 37.9 Å². The maximum Gasteiger partial charge on any atom is 0.187 e. The average Bonchev–Trinajstić information content (AvgIpc) is 3.68. The molecule has 4 aliphatic carbocycles. The van der Waals surface area contributed by atoms with Gasteiger partial charge in [0.05, 0.1) is 38.1 Å². The Morgan fingerprint density at radius 2 is 1.48 bits per heavy atom. The van der Waals surface area contributed by atoms with E-state index in [0.717, 1.165) is 45.1 Å². The van der Waals surface area contributed by atoms with Crippen LogP contribution in [0.4, 0.5) is 0 Å². The van der Waals surface area contributed by atoms with Crippen molar-refractivity contribution >= 4 is 0 Å². The molecule has 9 aliphatic rings. The first-order valence-corrected chi connectivity index (χ1v) is 22.8. The molecular formula is C44H70O16. The van der Waals surface area contributed by atoms with Crippen molar-refractivity contribution in [3.8, 4) is 0 Å². The van der Waals surface area contributed by atoms with Crippen LogP contribution >= 0.6 is 0 Å².